The van der Waals surface area contributed by atoms with Gasteiger partial charge in [0.15, 0.2) is 0 Å². The molecule has 15 heavy (non-hydrogen) atoms. The van der Waals surface area contributed by atoms with Gasteiger partial charge in [-0.25, -0.2) is 0 Å². The zero-order valence-electron chi connectivity index (χ0n) is 8.17. The second-order valence-electron chi connectivity index (χ2n) is 2.76. The maximum atomic E-state index is 8.52. The van der Waals surface area contributed by atoms with Gasteiger partial charge in [-0.3, -0.25) is 0 Å². The van der Waals surface area contributed by atoms with E-state index in [9.17, 15) is 0 Å². The Morgan fingerprint density at radius 1 is 1.33 bits per heavy atom. The van der Waals surface area contributed by atoms with Crippen LogP contribution >= 0.6 is 0 Å². The molecule has 2 heteroatoms. The number of nitrogens with zero attached hydrogens (tertiary/aromatic N) is 1. The SMILES string of the molecule is C#CC=CC=C(C=NO)c1ccccc1. The molecule has 0 radical (unpaired) electrons. The number of oxime groups is 1. The molecule has 0 aliphatic rings. The topological polar surface area (TPSA) is 32.6 Å². The summed E-state index contributed by atoms with van der Waals surface area (Å²) in [6, 6.07) is 9.61. The zero-order chi connectivity index (χ0) is 10.9. The van der Waals surface area contributed by atoms with Crippen LogP contribution in [-0.4, -0.2) is 11.4 Å². The molecule has 1 rings (SSSR count). The van der Waals surface area contributed by atoms with Crippen LogP contribution in [0.2, 0.25) is 0 Å². The lowest BCUT2D eigenvalue weighted by atomic mass is 10.1. The summed E-state index contributed by atoms with van der Waals surface area (Å²) in [6.07, 6.45) is 11.5. The van der Waals surface area contributed by atoms with Crippen LogP contribution in [0.25, 0.3) is 5.57 Å². The van der Waals surface area contributed by atoms with E-state index in [2.05, 4.69) is 11.1 Å². The summed E-state index contributed by atoms with van der Waals surface area (Å²) in [6.45, 7) is 0. The Hall–Kier alpha value is -2.27. The van der Waals surface area contributed by atoms with Crippen LogP contribution < -0.4 is 0 Å². The largest absolute Gasteiger partial charge is 0.411 e. The molecular weight excluding hydrogens is 186 g/mol. The number of terminal acetylenes is 1. The van der Waals surface area contributed by atoms with Gasteiger partial charge in [0.05, 0.1) is 6.21 Å². The van der Waals surface area contributed by atoms with E-state index in [1.807, 2.05) is 30.3 Å². The highest BCUT2D eigenvalue weighted by molar-refractivity contribution is 6.09. The van der Waals surface area contributed by atoms with E-state index >= 15 is 0 Å². The van der Waals surface area contributed by atoms with Gasteiger partial charge in [-0.2, -0.15) is 0 Å². The van der Waals surface area contributed by atoms with Crippen molar-refractivity contribution < 1.29 is 5.21 Å². The molecule has 0 heterocycles. The third-order valence-electron chi connectivity index (χ3n) is 1.77. The van der Waals surface area contributed by atoms with Gasteiger partial charge in [-0.15, -0.1) is 6.42 Å². The fraction of sp³-hybridized carbons (Fsp3) is 0. The second kappa shape index (κ2) is 6.22. The lowest BCUT2D eigenvalue weighted by molar-refractivity contribution is 0.322. The van der Waals surface area contributed by atoms with E-state index in [1.54, 1.807) is 18.2 Å². The summed E-state index contributed by atoms with van der Waals surface area (Å²) in [5.41, 5.74) is 1.77. The normalized spacial score (nSPS) is 12.1. The van der Waals surface area contributed by atoms with E-state index < -0.39 is 0 Å². The van der Waals surface area contributed by atoms with E-state index in [4.69, 9.17) is 11.6 Å². The summed E-state index contributed by atoms with van der Waals surface area (Å²) in [7, 11) is 0. The maximum Gasteiger partial charge on any atom is 0.0739 e. The molecule has 0 aliphatic carbocycles. The fourth-order valence-corrected chi connectivity index (χ4v) is 1.11. The van der Waals surface area contributed by atoms with Gasteiger partial charge in [-0.05, 0) is 11.6 Å². The number of benzene rings is 1. The molecule has 1 aromatic rings. The van der Waals surface area contributed by atoms with Gasteiger partial charge in [0.2, 0.25) is 0 Å². The highest BCUT2D eigenvalue weighted by atomic mass is 16.4. The molecule has 0 aromatic heterocycles. The number of hydrogen-bond donors (Lipinski definition) is 1. The van der Waals surface area contributed by atoms with Crippen LogP contribution in [0.5, 0.6) is 0 Å². The summed E-state index contributed by atoms with van der Waals surface area (Å²) in [5, 5.41) is 11.5. The minimum atomic E-state index is 0.796. The number of allylic oxidation sites excluding steroid dienone is 4. The van der Waals surface area contributed by atoms with Crippen LogP contribution in [0.15, 0.2) is 53.7 Å². The quantitative estimate of drug-likeness (QED) is 0.261. The predicted molar refractivity (Wildman–Crippen MR) is 62.7 cm³/mol. The standard InChI is InChI=1S/C13H11NO/c1-2-3-5-10-13(11-14-15)12-8-6-4-7-9-12/h1,3-11,15H. The Morgan fingerprint density at radius 3 is 2.67 bits per heavy atom. The van der Waals surface area contributed by atoms with E-state index in [-0.39, 0.29) is 0 Å². The van der Waals surface area contributed by atoms with Crippen molar-refractivity contribution >= 4 is 11.8 Å². The van der Waals surface area contributed by atoms with E-state index in [1.165, 1.54) is 6.21 Å². The Labute approximate surface area is 89.2 Å². The van der Waals surface area contributed by atoms with Gasteiger partial charge < -0.3 is 5.21 Å². The number of rotatable bonds is 3. The Morgan fingerprint density at radius 2 is 2.07 bits per heavy atom. The summed E-state index contributed by atoms with van der Waals surface area (Å²) in [5.74, 6) is 2.38. The number of hydrogen-bond acceptors (Lipinski definition) is 2. The Balaban J connectivity index is 2.99. The second-order valence-corrected chi connectivity index (χ2v) is 2.76. The van der Waals surface area contributed by atoms with Crippen molar-refractivity contribution in [2.75, 3.05) is 0 Å². The first kappa shape index (κ1) is 10.8. The van der Waals surface area contributed by atoms with Crippen LogP contribution in [0.1, 0.15) is 5.56 Å². The molecule has 0 saturated heterocycles. The van der Waals surface area contributed by atoms with Crippen LogP contribution in [0.4, 0.5) is 0 Å². The minimum absolute atomic E-state index is 0.796. The molecule has 0 spiro atoms. The van der Waals surface area contributed by atoms with Crippen molar-refractivity contribution in [3.63, 3.8) is 0 Å². The first-order chi connectivity index (χ1) is 7.38. The lowest BCUT2D eigenvalue weighted by Crippen LogP contribution is -1.84. The molecule has 0 saturated carbocycles. The smallest absolute Gasteiger partial charge is 0.0739 e. The molecule has 0 unspecified atom stereocenters. The first-order valence-corrected chi connectivity index (χ1v) is 4.44. The van der Waals surface area contributed by atoms with Gasteiger partial charge in [-0.1, -0.05) is 53.6 Å². The Kier molecular flexibility index (Phi) is 4.49. The zero-order valence-corrected chi connectivity index (χ0v) is 8.17. The molecular formula is C13H11NO. The van der Waals surface area contributed by atoms with Crippen molar-refractivity contribution in [2.45, 2.75) is 0 Å². The van der Waals surface area contributed by atoms with Crippen molar-refractivity contribution in [1.29, 1.82) is 0 Å². The van der Waals surface area contributed by atoms with Crippen molar-refractivity contribution in [3.05, 3.63) is 54.1 Å². The van der Waals surface area contributed by atoms with Crippen molar-refractivity contribution in [2.24, 2.45) is 5.16 Å². The van der Waals surface area contributed by atoms with Gasteiger partial charge in [0.25, 0.3) is 0 Å². The van der Waals surface area contributed by atoms with E-state index in [0.29, 0.717) is 0 Å². The molecule has 0 fully saturated rings. The van der Waals surface area contributed by atoms with E-state index in [0.717, 1.165) is 11.1 Å². The van der Waals surface area contributed by atoms with Gasteiger partial charge in [0.1, 0.15) is 0 Å². The molecule has 74 valence electrons. The fourth-order valence-electron chi connectivity index (χ4n) is 1.11. The maximum absolute atomic E-state index is 8.52. The van der Waals surface area contributed by atoms with Crippen LogP contribution in [0, 0.1) is 12.3 Å². The molecule has 0 atom stereocenters. The van der Waals surface area contributed by atoms with Crippen LogP contribution in [-0.2, 0) is 0 Å². The monoisotopic (exact) mass is 197 g/mol. The molecule has 0 bridgehead atoms. The average Bonchev–Trinajstić information content (AvgIpc) is 2.29. The van der Waals surface area contributed by atoms with Crippen molar-refractivity contribution in [3.8, 4) is 12.3 Å². The molecule has 2 nitrogen and oxygen atoms in total. The summed E-state index contributed by atoms with van der Waals surface area (Å²) < 4.78 is 0. The highest BCUT2D eigenvalue weighted by Gasteiger charge is 1.95. The third-order valence-corrected chi connectivity index (χ3v) is 1.77. The van der Waals surface area contributed by atoms with Crippen molar-refractivity contribution in [1.82, 2.24) is 0 Å². The average molecular weight is 197 g/mol. The summed E-state index contributed by atoms with van der Waals surface area (Å²) in [4.78, 5) is 0. The molecule has 0 aliphatic heterocycles. The molecule has 0 amide bonds. The molecule has 1 N–H and O–H groups in total. The minimum Gasteiger partial charge on any atom is -0.411 e. The van der Waals surface area contributed by atoms with Gasteiger partial charge in [0, 0.05) is 5.57 Å². The third kappa shape index (κ3) is 3.53. The predicted octanol–water partition coefficient (Wildman–Crippen LogP) is 2.72. The lowest BCUT2D eigenvalue weighted by Gasteiger charge is -1.98. The van der Waals surface area contributed by atoms with Crippen LogP contribution in [0.3, 0.4) is 0 Å². The van der Waals surface area contributed by atoms with Gasteiger partial charge >= 0.3 is 0 Å². The highest BCUT2D eigenvalue weighted by Crippen LogP contribution is 2.11. The first-order valence-electron chi connectivity index (χ1n) is 4.44. The summed E-state index contributed by atoms with van der Waals surface area (Å²) >= 11 is 0. The Bertz CT molecular complexity index is 422. The molecule has 1 aromatic carbocycles.